The summed E-state index contributed by atoms with van der Waals surface area (Å²) in [6, 6.07) is 8.08. The Labute approximate surface area is 88.1 Å². The van der Waals surface area contributed by atoms with Gasteiger partial charge in [0.05, 0.1) is 5.56 Å². The average molecular weight is 202 g/mol. The molecule has 3 nitrogen and oxygen atoms in total. The summed E-state index contributed by atoms with van der Waals surface area (Å²) in [4.78, 5) is 11.4. The molecule has 0 bridgehead atoms. The molecule has 0 fully saturated rings. The van der Waals surface area contributed by atoms with Crippen LogP contribution in [0.1, 0.15) is 25.3 Å². The van der Waals surface area contributed by atoms with Crippen LogP contribution in [-0.2, 0) is 0 Å². The number of hydrogen-bond donors (Lipinski definition) is 2. The summed E-state index contributed by atoms with van der Waals surface area (Å²) in [5.41, 5.74) is 2.84. The summed E-state index contributed by atoms with van der Waals surface area (Å²) in [5, 5.41) is 5.22. The van der Waals surface area contributed by atoms with E-state index in [-0.39, 0.29) is 5.56 Å². The summed E-state index contributed by atoms with van der Waals surface area (Å²) < 4.78 is 0. The Balaban J connectivity index is 2.40. The molecule has 15 heavy (non-hydrogen) atoms. The summed E-state index contributed by atoms with van der Waals surface area (Å²) in [7, 11) is 0. The number of aromatic amines is 2. The Hall–Kier alpha value is -1.77. The summed E-state index contributed by atoms with van der Waals surface area (Å²) in [6.45, 7) is 4.30. The second-order valence-corrected chi connectivity index (χ2v) is 3.93. The van der Waals surface area contributed by atoms with E-state index in [1.807, 2.05) is 12.1 Å². The Kier molecular flexibility index (Phi) is 2.46. The van der Waals surface area contributed by atoms with Crippen LogP contribution in [0, 0.1) is 0 Å². The van der Waals surface area contributed by atoms with Crippen LogP contribution in [0.25, 0.3) is 11.1 Å². The van der Waals surface area contributed by atoms with E-state index in [1.165, 1.54) is 5.56 Å². The maximum absolute atomic E-state index is 11.4. The lowest BCUT2D eigenvalue weighted by Crippen LogP contribution is -2.01. The van der Waals surface area contributed by atoms with E-state index < -0.39 is 0 Å². The van der Waals surface area contributed by atoms with Gasteiger partial charge in [-0.3, -0.25) is 9.89 Å². The molecule has 1 aromatic heterocycles. The molecule has 1 aromatic carbocycles. The zero-order chi connectivity index (χ0) is 10.8. The topological polar surface area (TPSA) is 48.6 Å². The molecule has 1 heterocycles. The second kappa shape index (κ2) is 3.77. The van der Waals surface area contributed by atoms with Gasteiger partial charge < -0.3 is 5.10 Å². The number of aromatic nitrogens is 2. The summed E-state index contributed by atoms with van der Waals surface area (Å²) >= 11 is 0. The van der Waals surface area contributed by atoms with Crippen LogP contribution in [0.2, 0.25) is 0 Å². The van der Waals surface area contributed by atoms with Gasteiger partial charge in [-0.2, -0.15) is 0 Å². The monoisotopic (exact) mass is 202 g/mol. The Morgan fingerprint density at radius 1 is 1.13 bits per heavy atom. The third-order valence-corrected chi connectivity index (χ3v) is 2.54. The first-order valence-electron chi connectivity index (χ1n) is 5.05. The molecule has 0 amide bonds. The molecule has 0 saturated heterocycles. The van der Waals surface area contributed by atoms with E-state index in [1.54, 1.807) is 6.20 Å². The number of hydrogen-bond acceptors (Lipinski definition) is 1. The van der Waals surface area contributed by atoms with Crippen LogP contribution in [0.3, 0.4) is 0 Å². The number of benzene rings is 1. The molecular weight excluding hydrogens is 188 g/mol. The van der Waals surface area contributed by atoms with E-state index >= 15 is 0 Å². The van der Waals surface area contributed by atoms with Crippen molar-refractivity contribution in [1.82, 2.24) is 10.2 Å². The van der Waals surface area contributed by atoms with Crippen molar-refractivity contribution in [1.29, 1.82) is 0 Å². The Morgan fingerprint density at radius 2 is 1.80 bits per heavy atom. The smallest absolute Gasteiger partial charge is 0.271 e. The van der Waals surface area contributed by atoms with Gasteiger partial charge in [0, 0.05) is 6.20 Å². The van der Waals surface area contributed by atoms with E-state index in [0.717, 1.165) is 5.56 Å². The molecule has 0 aliphatic rings. The van der Waals surface area contributed by atoms with Crippen LogP contribution in [-0.4, -0.2) is 10.2 Å². The highest BCUT2D eigenvalue weighted by Gasteiger charge is 2.04. The first kappa shape index (κ1) is 9.77. The molecule has 0 saturated carbocycles. The third kappa shape index (κ3) is 1.86. The van der Waals surface area contributed by atoms with Crippen molar-refractivity contribution < 1.29 is 0 Å². The fourth-order valence-corrected chi connectivity index (χ4v) is 1.57. The van der Waals surface area contributed by atoms with Crippen LogP contribution in [0.15, 0.2) is 35.3 Å². The molecule has 2 N–H and O–H groups in total. The van der Waals surface area contributed by atoms with Gasteiger partial charge >= 0.3 is 0 Å². The lowest BCUT2D eigenvalue weighted by atomic mass is 10.0. The van der Waals surface area contributed by atoms with Gasteiger partial charge in [0.25, 0.3) is 5.56 Å². The highest BCUT2D eigenvalue weighted by atomic mass is 16.1. The maximum atomic E-state index is 11.4. The van der Waals surface area contributed by atoms with Crippen LogP contribution in [0.4, 0.5) is 0 Å². The van der Waals surface area contributed by atoms with Crippen molar-refractivity contribution in [3.63, 3.8) is 0 Å². The molecule has 0 radical (unpaired) electrons. The molecule has 0 aliphatic carbocycles. The SMILES string of the molecule is CC(C)c1ccc(-c2c[nH][nH]c2=O)cc1. The minimum absolute atomic E-state index is 0.0766. The molecule has 3 heteroatoms. The van der Waals surface area contributed by atoms with Gasteiger partial charge in [-0.05, 0) is 17.0 Å². The molecule has 2 rings (SSSR count). The van der Waals surface area contributed by atoms with E-state index in [4.69, 9.17) is 0 Å². The molecule has 0 atom stereocenters. The zero-order valence-electron chi connectivity index (χ0n) is 8.87. The number of H-pyrrole nitrogens is 2. The van der Waals surface area contributed by atoms with Crippen molar-refractivity contribution in [2.45, 2.75) is 19.8 Å². The standard InChI is InChI=1S/C12H14N2O/c1-8(2)9-3-5-10(6-4-9)11-7-13-14-12(11)15/h3-8H,1-2H3,(H2,13,14,15). The predicted octanol–water partition coefficient (Wildman–Crippen LogP) is 2.49. The summed E-state index contributed by atoms with van der Waals surface area (Å²) in [5.74, 6) is 0.517. The van der Waals surface area contributed by atoms with Gasteiger partial charge in [0.15, 0.2) is 0 Å². The first-order chi connectivity index (χ1) is 7.18. The van der Waals surface area contributed by atoms with E-state index in [9.17, 15) is 4.79 Å². The normalized spacial score (nSPS) is 10.9. The number of rotatable bonds is 2. The molecule has 0 spiro atoms. The van der Waals surface area contributed by atoms with Gasteiger partial charge in [-0.1, -0.05) is 38.1 Å². The van der Waals surface area contributed by atoms with E-state index in [0.29, 0.717) is 11.5 Å². The fraction of sp³-hybridized carbons (Fsp3) is 0.250. The lowest BCUT2D eigenvalue weighted by Gasteiger charge is -2.05. The number of nitrogens with one attached hydrogen (secondary N) is 2. The van der Waals surface area contributed by atoms with E-state index in [2.05, 4.69) is 36.2 Å². The van der Waals surface area contributed by atoms with Gasteiger partial charge in [-0.25, -0.2) is 0 Å². The van der Waals surface area contributed by atoms with Crippen LogP contribution in [0.5, 0.6) is 0 Å². The predicted molar refractivity (Wildman–Crippen MR) is 60.9 cm³/mol. The van der Waals surface area contributed by atoms with Crippen molar-refractivity contribution >= 4 is 0 Å². The highest BCUT2D eigenvalue weighted by Crippen LogP contribution is 2.19. The summed E-state index contributed by atoms with van der Waals surface area (Å²) in [6.07, 6.45) is 1.69. The maximum Gasteiger partial charge on any atom is 0.271 e. The van der Waals surface area contributed by atoms with Crippen LogP contribution < -0.4 is 5.56 Å². The molecule has 0 aliphatic heterocycles. The lowest BCUT2D eigenvalue weighted by molar-refractivity contribution is 0.867. The molecule has 78 valence electrons. The van der Waals surface area contributed by atoms with Crippen molar-refractivity contribution in [3.8, 4) is 11.1 Å². The average Bonchev–Trinajstić information content (AvgIpc) is 2.65. The third-order valence-electron chi connectivity index (χ3n) is 2.54. The zero-order valence-corrected chi connectivity index (χ0v) is 8.87. The van der Waals surface area contributed by atoms with Crippen molar-refractivity contribution in [2.24, 2.45) is 0 Å². The Bertz CT molecular complexity index is 491. The molecular formula is C12H14N2O. The highest BCUT2D eigenvalue weighted by molar-refractivity contribution is 5.61. The second-order valence-electron chi connectivity index (χ2n) is 3.93. The Morgan fingerprint density at radius 3 is 2.27 bits per heavy atom. The van der Waals surface area contributed by atoms with Gasteiger partial charge in [-0.15, -0.1) is 0 Å². The van der Waals surface area contributed by atoms with Crippen molar-refractivity contribution in [3.05, 3.63) is 46.4 Å². The molecule has 2 aromatic rings. The molecule has 0 unspecified atom stereocenters. The minimum atomic E-state index is -0.0766. The minimum Gasteiger partial charge on any atom is -0.305 e. The quantitative estimate of drug-likeness (QED) is 0.772. The van der Waals surface area contributed by atoms with Gasteiger partial charge in [0.2, 0.25) is 0 Å². The van der Waals surface area contributed by atoms with Gasteiger partial charge in [0.1, 0.15) is 0 Å². The largest absolute Gasteiger partial charge is 0.305 e. The van der Waals surface area contributed by atoms with Crippen LogP contribution >= 0.6 is 0 Å². The first-order valence-corrected chi connectivity index (χ1v) is 5.05. The van der Waals surface area contributed by atoms with Crippen molar-refractivity contribution in [2.75, 3.05) is 0 Å². The fourth-order valence-electron chi connectivity index (χ4n) is 1.57.